The average Bonchev–Trinajstić information content (AvgIpc) is 2.96. The van der Waals surface area contributed by atoms with Crippen LogP contribution in [0.4, 0.5) is 4.39 Å². The van der Waals surface area contributed by atoms with Crippen LogP contribution in [0.5, 0.6) is 5.75 Å². The molecule has 1 N–H and O–H groups in total. The Morgan fingerprint density at radius 2 is 2.30 bits per heavy atom. The van der Waals surface area contributed by atoms with Crippen LogP contribution < -0.4 is 10.1 Å². The summed E-state index contributed by atoms with van der Waals surface area (Å²) in [6.07, 6.45) is 4.70. The number of ether oxygens (including phenoxy) is 1. The molecule has 5 heteroatoms. The van der Waals surface area contributed by atoms with Crippen LogP contribution in [-0.4, -0.2) is 23.4 Å². The molecule has 0 aliphatic heterocycles. The van der Waals surface area contributed by atoms with E-state index in [1.165, 1.54) is 13.2 Å². The molecule has 0 amide bonds. The van der Waals surface area contributed by atoms with E-state index in [1.807, 2.05) is 29.9 Å². The standard InChI is InChI=1S/C15H20FN3O/c1-12(13-5-6-15(20-2)14(16)11-13)17-7-3-9-19-10-4-8-18-19/h4-6,8,10-12,17H,3,7,9H2,1-2H3. The number of halogens is 1. The van der Waals surface area contributed by atoms with Gasteiger partial charge < -0.3 is 10.1 Å². The topological polar surface area (TPSA) is 39.1 Å². The lowest BCUT2D eigenvalue weighted by Gasteiger charge is -2.15. The third-order valence-corrected chi connectivity index (χ3v) is 3.25. The molecule has 0 saturated carbocycles. The normalized spacial score (nSPS) is 12.3. The van der Waals surface area contributed by atoms with Crippen molar-refractivity contribution in [2.45, 2.75) is 25.9 Å². The maximum Gasteiger partial charge on any atom is 0.165 e. The summed E-state index contributed by atoms with van der Waals surface area (Å²) in [5.74, 6) is -0.0465. The Balaban J connectivity index is 1.79. The first-order valence-electron chi connectivity index (χ1n) is 6.75. The quantitative estimate of drug-likeness (QED) is 0.791. The molecule has 4 nitrogen and oxygen atoms in total. The molecule has 0 aliphatic rings. The molecule has 20 heavy (non-hydrogen) atoms. The third-order valence-electron chi connectivity index (χ3n) is 3.25. The van der Waals surface area contributed by atoms with Crippen molar-refractivity contribution >= 4 is 0 Å². The summed E-state index contributed by atoms with van der Waals surface area (Å²) in [5, 5.41) is 7.52. The highest BCUT2D eigenvalue weighted by atomic mass is 19.1. The predicted molar refractivity (Wildman–Crippen MR) is 76.2 cm³/mol. The van der Waals surface area contributed by atoms with Crippen LogP contribution in [0.1, 0.15) is 24.9 Å². The maximum absolute atomic E-state index is 13.6. The van der Waals surface area contributed by atoms with Gasteiger partial charge in [0.15, 0.2) is 11.6 Å². The summed E-state index contributed by atoms with van der Waals surface area (Å²) in [6, 6.07) is 7.08. The molecular formula is C15H20FN3O. The lowest BCUT2D eigenvalue weighted by molar-refractivity contribution is 0.385. The van der Waals surface area contributed by atoms with Crippen LogP contribution in [0.2, 0.25) is 0 Å². The fourth-order valence-electron chi connectivity index (χ4n) is 2.06. The number of aryl methyl sites for hydroxylation is 1. The molecule has 0 spiro atoms. The molecule has 108 valence electrons. The zero-order valence-electron chi connectivity index (χ0n) is 11.8. The van der Waals surface area contributed by atoms with E-state index < -0.39 is 0 Å². The molecule has 2 rings (SSSR count). The van der Waals surface area contributed by atoms with Gasteiger partial charge in [-0.3, -0.25) is 4.68 Å². The molecule has 1 heterocycles. The molecule has 0 radical (unpaired) electrons. The average molecular weight is 277 g/mol. The third kappa shape index (κ3) is 3.81. The monoisotopic (exact) mass is 277 g/mol. The lowest BCUT2D eigenvalue weighted by Crippen LogP contribution is -2.21. The van der Waals surface area contributed by atoms with E-state index in [0.717, 1.165) is 25.1 Å². The predicted octanol–water partition coefficient (Wildman–Crippen LogP) is 2.77. The molecule has 0 fully saturated rings. The first kappa shape index (κ1) is 14.5. The minimum absolute atomic E-state index is 0.105. The zero-order chi connectivity index (χ0) is 14.4. The zero-order valence-corrected chi connectivity index (χ0v) is 11.8. The summed E-state index contributed by atoms with van der Waals surface area (Å²) in [6.45, 7) is 3.76. The summed E-state index contributed by atoms with van der Waals surface area (Å²) in [7, 11) is 1.47. The SMILES string of the molecule is COc1ccc(C(C)NCCCn2cccn2)cc1F. The van der Waals surface area contributed by atoms with E-state index in [2.05, 4.69) is 10.4 Å². The van der Waals surface area contributed by atoms with Crippen molar-refractivity contribution in [2.24, 2.45) is 0 Å². The van der Waals surface area contributed by atoms with Crippen LogP contribution in [-0.2, 0) is 6.54 Å². The van der Waals surface area contributed by atoms with Gasteiger partial charge in [-0.1, -0.05) is 6.07 Å². The molecule has 0 saturated heterocycles. The van der Waals surface area contributed by atoms with Gasteiger partial charge in [0.1, 0.15) is 0 Å². The van der Waals surface area contributed by atoms with Gasteiger partial charge in [-0.2, -0.15) is 5.10 Å². The molecular weight excluding hydrogens is 257 g/mol. The first-order chi connectivity index (χ1) is 9.70. The van der Waals surface area contributed by atoms with E-state index in [1.54, 1.807) is 12.3 Å². The Hall–Kier alpha value is -1.88. The summed E-state index contributed by atoms with van der Waals surface area (Å²) < 4.78 is 20.4. The van der Waals surface area contributed by atoms with E-state index in [9.17, 15) is 4.39 Å². The van der Waals surface area contributed by atoms with Gasteiger partial charge in [-0.25, -0.2) is 4.39 Å². The first-order valence-corrected chi connectivity index (χ1v) is 6.75. The Labute approximate surface area is 118 Å². The van der Waals surface area contributed by atoms with Gasteiger partial charge in [0.05, 0.1) is 7.11 Å². The van der Waals surface area contributed by atoms with Gasteiger partial charge in [0.25, 0.3) is 0 Å². The van der Waals surface area contributed by atoms with Crippen LogP contribution >= 0.6 is 0 Å². The number of benzene rings is 1. The Morgan fingerprint density at radius 3 is 2.95 bits per heavy atom. The molecule has 0 bridgehead atoms. The van der Waals surface area contributed by atoms with Crippen molar-refractivity contribution < 1.29 is 9.13 Å². The van der Waals surface area contributed by atoms with Crippen molar-refractivity contribution in [2.75, 3.05) is 13.7 Å². The molecule has 1 unspecified atom stereocenters. The minimum atomic E-state index is -0.324. The highest BCUT2D eigenvalue weighted by Crippen LogP contribution is 2.21. The summed E-state index contributed by atoms with van der Waals surface area (Å²) in [4.78, 5) is 0. The van der Waals surface area contributed by atoms with Crippen molar-refractivity contribution in [1.82, 2.24) is 15.1 Å². The van der Waals surface area contributed by atoms with Gasteiger partial charge in [0.2, 0.25) is 0 Å². The van der Waals surface area contributed by atoms with E-state index in [0.29, 0.717) is 0 Å². The second kappa shape index (κ2) is 7.05. The van der Waals surface area contributed by atoms with Crippen molar-refractivity contribution in [3.05, 3.63) is 48.0 Å². The van der Waals surface area contributed by atoms with Crippen molar-refractivity contribution in [3.8, 4) is 5.75 Å². The van der Waals surface area contributed by atoms with Gasteiger partial charge in [-0.05, 0) is 43.7 Å². The van der Waals surface area contributed by atoms with Gasteiger partial charge >= 0.3 is 0 Å². The number of methoxy groups -OCH3 is 1. The summed E-state index contributed by atoms with van der Waals surface area (Å²) in [5.41, 5.74) is 0.919. The fourth-order valence-corrected chi connectivity index (χ4v) is 2.06. The van der Waals surface area contributed by atoms with Crippen LogP contribution in [0, 0.1) is 5.82 Å². The minimum Gasteiger partial charge on any atom is -0.494 e. The van der Waals surface area contributed by atoms with Gasteiger partial charge in [0, 0.05) is 25.0 Å². The Bertz CT molecular complexity index is 528. The fraction of sp³-hybridized carbons (Fsp3) is 0.400. The van der Waals surface area contributed by atoms with Crippen LogP contribution in [0.25, 0.3) is 0 Å². The molecule has 0 aliphatic carbocycles. The second-order valence-corrected chi connectivity index (χ2v) is 4.69. The van der Waals surface area contributed by atoms with Crippen molar-refractivity contribution in [1.29, 1.82) is 0 Å². The molecule has 1 aromatic heterocycles. The van der Waals surface area contributed by atoms with Crippen LogP contribution in [0.15, 0.2) is 36.7 Å². The number of nitrogens with one attached hydrogen (secondary N) is 1. The number of nitrogens with zero attached hydrogens (tertiary/aromatic N) is 2. The number of hydrogen-bond donors (Lipinski definition) is 1. The second-order valence-electron chi connectivity index (χ2n) is 4.69. The highest BCUT2D eigenvalue weighted by molar-refractivity contribution is 5.30. The molecule has 1 atom stereocenters. The number of rotatable bonds is 7. The van der Waals surface area contributed by atoms with Crippen LogP contribution in [0.3, 0.4) is 0 Å². The highest BCUT2D eigenvalue weighted by Gasteiger charge is 2.08. The number of aromatic nitrogens is 2. The number of hydrogen-bond acceptors (Lipinski definition) is 3. The van der Waals surface area contributed by atoms with E-state index in [4.69, 9.17) is 4.74 Å². The summed E-state index contributed by atoms with van der Waals surface area (Å²) >= 11 is 0. The lowest BCUT2D eigenvalue weighted by atomic mass is 10.1. The molecule has 2 aromatic rings. The molecule has 1 aromatic carbocycles. The largest absolute Gasteiger partial charge is 0.494 e. The van der Waals surface area contributed by atoms with Gasteiger partial charge in [-0.15, -0.1) is 0 Å². The maximum atomic E-state index is 13.6. The van der Waals surface area contributed by atoms with E-state index >= 15 is 0 Å². The van der Waals surface area contributed by atoms with Crippen molar-refractivity contribution in [3.63, 3.8) is 0 Å². The smallest absolute Gasteiger partial charge is 0.165 e. The Morgan fingerprint density at radius 1 is 1.45 bits per heavy atom. The Kier molecular flexibility index (Phi) is 5.12. The van der Waals surface area contributed by atoms with E-state index in [-0.39, 0.29) is 17.6 Å².